The molecule has 0 aliphatic heterocycles. The van der Waals surface area contributed by atoms with E-state index in [1.54, 1.807) is 0 Å². The second kappa shape index (κ2) is 7.17. The van der Waals surface area contributed by atoms with Gasteiger partial charge in [0.15, 0.2) is 0 Å². The van der Waals surface area contributed by atoms with E-state index in [-0.39, 0.29) is 6.04 Å². The first kappa shape index (κ1) is 16.2. The van der Waals surface area contributed by atoms with Crippen LogP contribution in [0, 0.1) is 0 Å². The van der Waals surface area contributed by atoms with E-state index in [9.17, 15) is 0 Å². The van der Waals surface area contributed by atoms with Crippen LogP contribution < -0.4 is 10.6 Å². The lowest BCUT2D eigenvalue weighted by molar-refractivity contribution is 0.734. The molecule has 0 aliphatic rings. The number of benzene rings is 2. The van der Waals surface area contributed by atoms with E-state index in [0.717, 1.165) is 33.3 Å². The molecule has 2 aromatic carbocycles. The standard InChI is InChI=1S/C17H20Cl2N2/c1-12(13-6-3-4-7-15(13)18)21(2)17-9-5-8-16(19)14(17)10-11-20/h3-9,12H,10-11,20H2,1-2H3. The van der Waals surface area contributed by atoms with Crippen LogP contribution in [0.2, 0.25) is 10.0 Å². The highest BCUT2D eigenvalue weighted by Crippen LogP contribution is 2.34. The Kier molecular flexibility index (Phi) is 5.51. The van der Waals surface area contributed by atoms with E-state index >= 15 is 0 Å². The third kappa shape index (κ3) is 3.52. The monoisotopic (exact) mass is 322 g/mol. The van der Waals surface area contributed by atoms with Crippen molar-refractivity contribution < 1.29 is 0 Å². The van der Waals surface area contributed by atoms with Crippen molar-refractivity contribution in [3.63, 3.8) is 0 Å². The van der Waals surface area contributed by atoms with Crippen molar-refractivity contribution in [2.45, 2.75) is 19.4 Å². The second-order valence-electron chi connectivity index (χ2n) is 5.08. The fraction of sp³-hybridized carbons (Fsp3) is 0.294. The summed E-state index contributed by atoms with van der Waals surface area (Å²) in [6.07, 6.45) is 0.759. The Hall–Kier alpha value is -1.22. The van der Waals surface area contributed by atoms with Gasteiger partial charge in [-0.15, -0.1) is 0 Å². The van der Waals surface area contributed by atoms with Crippen molar-refractivity contribution in [3.8, 4) is 0 Å². The van der Waals surface area contributed by atoms with Crippen molar-refractivity contribution >= 4 is 28.9 Å². The molecule has 0 aliphatic carbocycles. The average Bonchev–Trinajstić information content (AvgIpc) is 2.48. The van der Waals surface area contributed by atoms with Gasteiger partial charge in [-0.1, -0.05) is 47.5 Å². The van der Waals surface area contributed by atoms with Crippen LogP contribution in [0.5, 0.6) is 0 Å². The fourth-order valence-corrected chi connectivity index (χ4v) is 3.06. The second-order valence-corrected chi connectivity index (χ2v) is 5.90. The first-order chi connectivity index (χ1) is 10.1. The molecule has 0 bridgehead atoms. The summed E-state index contributed by atoms with van der Waals surface area (Å²) in [5.74, 6) is 0. The zero-order valence-electron chi connectivity index (χ0n) is 12.3. The third-order valence-electron chi connectivity index (χ3n) is 3.80. The number of hydrogen-bond donors (Lipinski definition) is 1. The van der Waals surface area contributed by atoms with Gasteiger partial charge in [-0.25, -0.2) is 0 Å². The molecule has 1 unspecified atom stereocenters. The molecule has 2 rings (SSSR count). The Morgan fingerprint density at radius 1 is 1.05 bits per heavy atom. The van der Waals surface area contributed by atoms with E-state index in [0.29, 0.717) is 6.54 Å². The van der Waals surface area contributed by atoms with Crippen LogP contribution in [0.4, 0.5) is 5.69 Å². The highest BCUT2D eigenvalue weighted by atomic mass is 35.5. The Morgan fingerprint density at radius 3 is 2.38 bits per heavy atom. The number of anilines is 1. The summed E-state index contributed by atoms with van der Waals surface area (Å²) in [6, 6.07) is 14.0. The lowest BCUT2D eigenvalue weighted by Gasteiger charge is -2.30. The van der Waals surface area contributed by atoms with Gasteiger partial charge < -0.3 is 10.6 Å². The van der Waals surface area contributed by atoms with Crippen LogP contribution in [-0.4, -0.2) is 13.6 Å². The molecule has 21 heavy (non-hydrogen) atoms. The van der Waals surface area contributed by atoms with Crippen molar-refractivity contribution in [2.24, 2.45) is 5.73 Å². The van der Waals surface area contributed by atoms with E-state index < -0.39 is 0 Å². The fourth-order valence-electron chi connectivity index (χ4n) is 2.50. The normalized spacial score (nSPS) is 12.2. The van der Waals surface area contributed by atoms with Gasteiger partial charge in [0.2, 0.25) is 0 Å². The van der Waals surface area contributed by atoms with Gasteiger partial charge in [-0.05, 0) is 49.2 Å². The van der Waals surface area contributed by atoms with E-state index in [1.807, 2.05) is 30.3 Å². The maximum absolute atomic E-state index is 6.33. The van der Waals surface area contributed by atoms with Gasteiger partial charge in [-0.2, -0.15) is 0 Å². The topological polar surface area (TPSA) is 29.3 Å². The van der Waals surface area contributed by atoms with Gasteiger partial charge in [0.25, 0.3) is 0 Å². The molecule has 4 heteroatoms. The van der Waals surface area contributed by atoms with Crippen molar-refractivity contribution in [1.82, 2.24) is 0 Å². The Morgan fingerprint density at radius 2 is 1.71 bits per heavy atom. The van der Waals surface area contributed by atoms with Crippen molar-refractivity contribution in [1.29, 1.82) is 0 Å². The summed E-state index contributed by atoms with van der Waals surface area (Å²) in [5, 5.41) is 1.54. The van der Waals surface area contributed by atoms with Crippen LogP contribution in [-0.2, 0) is 6.42 Å². The van der Waals surface area contributed by atoms with Gasteiger partial charge in [-0.3, -0.25) is 0 Å². The number of rotatable bonds is 5. The molecule has 0 spiro atoms. The molecular formula is C17H20Cl2N2. The molecule has 1 atom stereocenters. The summed E-state index contributed by atoms with van der Waals surface area (Å²) < 4.78 is 0. The van der Waals surface area contributed by atoms with Crippen molar-refractivity contribution in [2.75, 3.05) is 18.5 Å². The number of nitrogens with two attached hydrogens (primary N) is 1. The molecule has 0 saturated carbocycles. The lowest BCUT2D eigenvalue weighted by Crippen LogP contribution is -2.23. The van der Waals surface area contributed by atoms with Crippen LogP contribution >= 0.6 is 23.2 Å². The van der Waals surface area contributed by atoms with Crippen molar-refractivity contribution in [3.05, 3.63) is 63.6 Å². The molecule has 2 N–H and O–H groups in total. The highest BCUT2D eigenvalue weighted by molar-refractivity contribution is 6.32. The maximum Gasteiger partial charge on any atom is 0.0525 e. The summed E-state index contributed by atoms with van der Waals surface area (Å²) in [5.41, 5.74) is 8.99. The Balaban J connectivity index is 2.38. The smallest absolute Gasteiger partial charge is 0.0525 e. The quantitative estimate of drug-likeness (QED) is 0.865. The minimum absolute atomic E-state index is 0.147. The zero-order valence-corrected chi connectivity index (χ0v) is 13.8. The largest absolute Gasteiger partial charge is 0.368 e. The third-order valence-corrected chi connectivity index (χ3v) is 4.50. The minimum Gasteiger partial charge on any atom is -0.368 e. The highest BCUT2D eigenvalue weighted by Gasteiger charge is 2.18. The van der Waals surface area contributed by atoms with Crippen LogP contribution in [0.15, 0.2) is 42.5 Å². The van der Waals surface area contributed by atoms with E-state index in [4.69, 9.17) is 28.9 Å². The van der Waals surface area contributed by atoms with Gasteiger partial charge in [0, 0.05) is 22.8 Å². The zero-order chi connectivity index (χ0) is 15.4. The molecule has 112 valence electrons. The predicted molar refractivity (Wildman–Crippen MR) is 92.5 cm³/mol. The maximum atomic E-state index is 6.33. The summed E-state index contributed by atoms with van der Waals surface area (Å²) >= 11 is 12.6. The van der Waals surface area contributed by atoms with Gasteiger partial charge in [0.1, 0.15) is 0 Å². The predicted octanol–water partition coefficient (Wildman–Crippen LogP) is 4.69. The molecule has 0 aromatic heterocycles. The first-order valence-corrected chi connectivity index (χ1v) is 7.76. The lowest BCUT2D eigenvalue weighted by atomic mass is 10.0. The molecular weight excluding hydrogens is 303 g/mol. The van der Waals surface area contributed by atoms with Gasteiger partial charge >= 0.3 is 0 Å². The molecule has 0 radical (unpaired) electrons. The summed E-state index contributed by atoms with van der Waals surface area (Å²) in [7, 11) is 2.06. The summed E-state index contributed by atoms with van der Waals surface area (Å²) in [6.45, 7) is 2.71. The SMILES string of the molecule is CC(c1ccccc1Cl)N(C)c1cccc(Cl)c1CCN. The Labute approximate surface area is 136 Å². The molecule has 0 amide bonds. The van der Waals surface area contributed by atoms with E-state index in [1.165, 1.54) is 0 Å². The van der Waals surface area contributed by atoms with Gasteiger partial charge in [0.05, 0.1) is 6.04 Å². The van der Waals surface area contributed by atoms with Crippen LogP contribution in [0.1, 0.15) is 24.1 Å². The molecule has 2 aromatic rings. The first-order valence-electron chi connectivity index (χ1n) is 7.01. The number of hydrogen-bond acceptors (Lipinski definition) is 2. The van der Waals surface area contributed by atoms with Crippen LogP contribution in [0.3, 0.4) is 0 Å². The summed E-state index contributed by atoms with van der Waals surface area (Å²) in [4.78, 5) is 2.19. The number of halogens is 2. The molecule has 0 saturated heterocycles. The number of nitrogens with zero attached hydrogens (tertiary/aromatic N) is 1. The minimum atomic E-state index is 0.147. The Bertz CT molecular complexity index is 613. The van der Waals surface area contributed by atoms with Crippen LogP contribution in [0.25, 0.3) is 0 Å². The van der Waals surface area contributed by atoms with E-state index in [2.05, 4.69) is 31.0 Å². The molecule has 2 nitrogen and oxygen atoms in total. The average molecular weight is 323 g/mol. The molecule has 0 fully saturated rings. The molecule has 0 heterocycles.